The van der Waals surface area contributed by atoms with Crippen molar-refractivity contribution in [2.24, 2.45) is 5.92 Å². The summed E-state index contributed by atoms with van der Waals surface area (Å²) in [5.74, 6) is -0.444. The zero-order chi connectivity index (χ0) is 15.8. The summed E-state index contributed by atoms with van der Waals surface area (Å²) in [6.45, 7) is 6.20. The van der Waals surface area contributed by atoms with E-state index in [1.165, 1.54) is 0 Å². The molecule has 0 aliphatic rings. The van der Waals surface area contributed by atoms with Crippen LogP contribution in [-0.4, -0.2) is 24.6 Å². The molecule has 0 heterocycles. The van der Waals surface area contributed by atoms with Gasteiger partial charge in [-0.15, -0.1) is 0 Å². The van der Waals surface area contributed by atoms with Crippen molar-refractivity contribution >= 4 is 17.7 Å². The van der Waals surface area contributed by atoms with Crippen molar-refractivity contribution in [3.8, 4) is 5.75 Å². The molecule has 0 unspecified atom stereocenters. The van der Waals surface area contributed by atoms with Crippen LogP contribution in [0, 0.1) is 5.92 Å². The molecular formula is C15H21N2O4-. The smallest absolute Gasteiger partial charge is 0.319 e. The number of carbonyl (C=O) groups excluding carboxylic acids is 2. The molecule has 0 aliphatic carbocycles. The summed E-state index contributed by atoms with van der Waals surface area (Å²) < 4.78 is 5.29. The van der Waals surface area contributed by atoms with Gasteiger partial charge in [0.15, 0.2) is 0 Å². The highest BCUT2D eigenvalue weighted by Crippen LogP contribution is 2.15. The van der Waals surface area contributed by atoms with Crippen molar-refractivity contribution in [2.75, 3.05) is 11.9 Å². The first-order chi connectivity index (χ1) is 9.92. The third-order valence-corrected chi connectivity index (χ3v) is 2.72. The van der Waals surface area contributed by atoms with E-state index in [0.717, 1.165) is 0 Å². The minimum Gasteiger partial charge on any atom is -0.548 e. The van der Waals surface area contributed by atoms with Crippen LogP contribution in [0.1, 0.15) is 27.2 Å². The number of carbonyl (C=O) groups is 2. The fraction of sp³-hybridized carbons (Fsp3) is 0.467. The van der Waals surface area contributed by atoms with Crippen LogP contribution in [0.15, 0.2) is 24.3 Å². The molecule has 21 heavy (non-hydrogen) atoms. The number of amides is 2. The topological polar surface area (TPSA) is 90.5 Å². The minimum absolute atomic E-state index is 0.138. The van der Waals surface area contributed by atoms with Crippen LogP contribution in [0.2, 0.25) is 0 Å². The number of hydrogen-bond acceptors (Lipinski definition) is 4. The van der Waals surface area contributed by atoms with Crippen LogP contribution in [0.3, 0.4) is 0 Å². The van der Waals surface area contributed by atoms with Gasteiger partial charge in [-0.1, -0.05) is 13.8 Å². The molecule has 6 nitrogen and oxygen atoms in total. The molecule has 0 bridgehead atoms. The van der Waals surface area contributed by atoms with Crippen LogP contribution in [0.25, 0.3) is 0 Å². The normalized spacial score (nSPS) is 11.8. The minimum atomic E-state index is -1.29. The number of benzene rings is 1. The predicted octanol–water partition coefficient (Wildman–Crippen LogP) is 1.37. The Hall–Kier alpha value is -2.24. The van der Waals surface area contributed by atoms with E-state index < -0.39 is 18.0 Å². The summed E-state index contributed by atoms with van der Waals surface area (Å²) in [6.07, 6.45) is 0.318. The lowest BCUT2D eigenvalue weighted by Gasteiger charge is -2.21. The van der Waals surface area contributed by atoms with E-state index in [1.54, 1.807) is 24.3 Å². The van der Waals surface area contributed by atoms with Crippen LogP contribution >= 0.6 is 0 Å². The number of hydrogen-bond donors (Lipinski definition) is 2. The van der Waals surface area contributed by atoms with E-state index in [9.17, 15) is 14.7 Å². The van der Waals surface area contributed by atoms with E-state index in [4.69, 9.17) is 4.74 Å². The zero-order valence-corrected chi connectivity index (χ0v) is 12.5. The summed E-state index contributed by atoms with van der Waals surface area (Å²) in [6, 6.07) is 5.23. The Morgan fingerprint density at radius 1 is 1.24 bits per heavy atom. The average Bonchev–Trinajstić information content (AvgIpc) is 2.40. The molecule has 2 amide bonds. The molecule has 2 N–H and O–H groups in total. The Kier molecular flexibility index (Phi) is 6.52. The Bertz CT molecular complexity index is 471. The summed E-state index contributed by atoms with van der Waals surface area (Å²) >= 11 is 0. The van der Waals surface area contributed by atoms with E-state index >= 15 is 0 Å². The lowest BCUT2D eigenvalue weighted by molar-refractivity contribution is -0.308. The second-order valence-electron chi connectivity index (χ2n) is 5.06. The standard InChI is InChI=1S/C15H22N2O4/c1-4-21-12-7-5-11(6-8-12)16-15(20)17-13(14(18)19)9-10(2)3/h5-8,10,13H,4,9H2,1-3H3,(H,18,19)(H2,16,17,20)/p-1/t13-/m0/s1. The van der Waals surface area contributed by atoms with Gasteiger partial charge in [-0.25, -0.2) is 4.79 Å². The molecule has 116 valence electrons. The number of anilines is 1. The molecule has 0 saturated heterocycles. The largest absolute Gasteiger partial charge is 0.548 e. The SMILES string of the molecule is CCOc1ccc(NC(=O)N[C@@H](CC(C)C)C(=O)[O-])cc1. The number of carboxylic acid groups (broad SMARTS) is 1. The van der Waals surface area contributed by atoms with Gasteiger partial charge in [0.1, 0.15) is 5.75 Å². The van der Waals surface area contributed by atoms with E-state index in [1.807, 2.05) is 20.8 Å². The Morgan fingerprint density at radius 2 is 1.86 bits per heavy atom. The maximum atomic E-state index is 11.8. The van der Waals surface area contributed by atoms with Gasteiger partial charge in [0.25, 0.3) is 0 Å². The molecule has 0 fully saturated rings. The second kappa shape index (κ2) is 8.14. The molecule has 1 aromatic carbocycles. The van der Waals surface area contributed by atoms with Gasteiger partial charge in [0.05, 0.1) is 18.6 Å². The fourth-order valence-corrected chi connectivity index (χ4v) is 1.81. The molecule has 0 aromatic heterocycles. The van der Waals surface area contributed by atoms with Gasteiger partial charge in [-0.3, -0.25) is 0 Å². The molecule has 1 rings (SSSR count). The lowest BCUT2D eigenvalue weighted by atomic mass is 10.0. The van der Waals surface area contributed by atoms with E-state index in [2.05, 4.69) is 10.6 Å². The summed E-state index contributed by atoms with van der Waals surface area (Å²) in [7, 11) is 0. The van der Waals surface area contributed by atoms with Crippen LogP contribution in [0.5, 0.6) is 5.75 Å². The van der Waals surface area contributed by atoms with Gasteiger partial charge in [-0.2, -0.15) is 0 Å². The number of nitrogens with one attached hydrogen (secondary N) is 2. The average molecular weight is 293 g/mol. The molecule has 1 aromatic rings. The number of ether oxygens (including phenoxy) is 1. The second-order valence-corrected chi connectivity index (χ2v) is 5.06. The fourth-order valence-electron chi connectivity index (χ4n) is 1.81. The number of rotatable bonds is 7. The first-order valence-electron chi connectivity index (χ1n) is 6.93. The Labute approximate surface area is 124 Å². The lowest BCUT2D eigenvalue weighted by Crippen LogP contribution is -2.49. The monoisotopic (exact) mass is 293 g/mol. The molecular weight excluding hydrogens is 272 g/mol. The Morgan fingerprint density at radius 3 is 2.33 bits per heavy atom. The van der Waals surface area contributed by atoms with Crippen LogP contribution < -0.4 is 20.5 Å². The van der Waals surface area contributed by atoms with Crippen molar-refractivity contribution in [2.45, 2.75) is 33.2 Å². The molecule has 1 atom stereocenters. The van der Waals surface area contributed by atoms with Crippen molar-refractivity contribution in [1.29, 1.82) is 0 Å². The maximum absolute atomic E-state index is 11.8. The maximum Gasteiger partial charge on any atom is 0.319 e. The molecule has 0 saturated carbocycles. The van der Waals surface area contributed by atoms with Crippen LogP contribution in [0.4, 0.5) is 10.5 Å². The number of aliphatic carboxylic acids is 1. The molecule has 0 aliphatic heterocycles. The zero-order valence-electron chi connectivity index (χ0n) is 12.5. The molecule has 6 heteroatoms. The summed E-state index contributed by atoms with van der Waals surface area (Å²) in [5, 5.41) is 15.9. The van der Waals surface area contributed by atoms with E-state index in [0.29, 0.717) is 24.5 Å². The van der Waals surface area contributed by atoms with Crippen molar-refractivity contribution in [1.82, 2.24) is 5.32 Å². The highest BCUT2D eigenvalue weighted by atomic mass is 16.5. The van der Waals surface area contributed by atoms with Gasteiger partial charge >= 0.3 is 6.03 Å². The van der Waals surface area contributed by atoms with Gasteiger partial charge < -0.3 is 25.3 Å². The number of urea groups is 1. The van der Waals surface area contributed by atoms with Crippen molar-refractivity contribution in [3.63, 3.8) is 0 Å². The van der Waals surface area contributed by atoms with E-state index in [-0.39, 0.29) is 5.92 Å². The quantitative estimate of drug-likeness (QED) is 0.794. The molecule has 0 radical (unpaired) electrons. The highest BCUT2D eigenvalue weighted by Gasteiger charge is 2.15. The van der Waals surface area contributed by atoms with Gasteiger partial charge in [0, 0.05) is 5.69 Å². The summed E-state index contributed by atoms with van der Waals surface area (Å²) in [5.41, 5.74) is 0.553. The first-order valence-corrected chi connectivity index (χ1v) is 6.93. The van der Waals surface area contributed by atoms with Crippen LogP contribution in [-0.2, 0) is 4.79 Å². The van der Waals surface area contributed by atoms with Gasteiger partial charge in [-0.05, 0) is 43.5 Å². The molecule has 0 spiro atoms. The summed E-state index contributed by atoms with van der Waals surface area (Å²) in [4.78, 5) is 22.7. The van der Waals surface area contributed by atoms with Gasteiger partial charge in [0.2, 0.25) is 0 Å². The third kappa shape index (κ3) is 6.16. The predicted molar refractivity (Wildman–Crippen MR) is 78.0 cm³/mol. The van der Waals surface area contributed by atoms with Crippen molar-refractivity contribution in [3.05, 3.63) is 24.3 Å². The Balaban J connectivity index is 2.57. The third-order valence-electron chi connectivity index (χ3n) is 2.72. The van der Waals surface area contributed by atoms with Crippen molar-refractivity contribution < 1.29 is 19.4 Å². The highest BCUT2D eigenvalue weighted by molar-refractivity contribution is 5.91. The number of carboxylic acids is 1. The first kappa shape index (κ1) is 16.8.